The van der Waals surface area contributed by atoms with E-state index in [4.69, 9.17) is 0 Å². The lowest BCUT2D eigenvalue weighted by Crippen LogP contribution is -2.36. The van der Waals surface area contributed by atoms with Crippen molar-refractivity contribution in [3.05, 3.63) is 114 Å². The maximum absolute atomic E-state index is 14.5. The summed E-state index contributed by atoms with van der Waals surface area (Å²) < 4.78 is 44.0. The summed E-state index contributed by atoms with van der Waals surface area (Å²) in [5.74, 6) is -0.879. The largest absolute Gasteiger partial charge is 0.348 e. The van der Waals surface area contributed by atoms with Crippen LogP contribution in [0.1, 0.15) is 27.0 Å². The van der Waals surface area contributed by atoms with Gasteiger partial charge in [0.05, 0.1) is 16.9 Å². The van der Waals surface area contributed by atoms with Crippen LogP contribution in [0, 0.1) is 5.82 Å². The van der Waals surface area contributed by atoms with Gasteiger partial charge in [-0.05, 0) is 53.4 Å². The van der Waals surface area contributed by atoms with Crippen molar-refractivity contribution in [3.63, 3.8) is 0 Å². The molecular formula is C26H23FN4O3S. The summed E-state index contributed by atoms with van der Waals surface area (Å²) in [7, 11) is -3.76. The van der Waals surface area contributed by atoms with E-state index in [-0.39, 0.29) is 17.0 Å². The van der Waals surface area contributed by atoms with Crippen molar-refractivity contribution in [3.8, 4) is 5.69 Å². The lowest BCUT2D eigenvalue weighted by Gasteiger charge is -2.28. The maximum Gasteiger partial charge on any atom is 0.251 e. The predicted molar refractivity (Wildman–Crippen MR) is 129 cm³/mol. The van der Waals surface area contributed by atoms with Crippen LogP contribution in [0.25, 0.3) is 5.69 Å². The Kier molecular flexibility index (Phi) is 6.19. The standard InChI is InChI=1S/C26H23FN4O3S/c27-24-14-19(8-9-25(24)30-13-11-28-18-30)16-29-26(32)21-6-3-7-23(15-21)35(33,34)31-12-10-20-4-1-2-5-22(20)17-31/h1-9,11,13-15,18H,10,12,16-17H2,(H,29,32). The zero-order valence-electron chi connectivity index (χ0n) is 18.8. The zero-order chi connectivity index (χ0) is 24.4. The molecule has 0 saturated carbocycles. The van der Waals surface area contributed by atoms with Crippen molar-refractivity contribution >= 4 is 15.9 Å². The molecule has 7 nitrogen and oxygen atoms in total. The van der Waals surface area contributed by atoms with E-state index in [1.54, 1.807) is 41.2 Å². The Balaban J connectivity index is 1.28. The van der Waals surface area contributed by atoms with Gasteiger partial charge in [-0.1, -0.05) is 36.4 Å². The first-order valence-corrected chi connectivity index (χ1v) is 12.6. The monoisotopic (exact) mass is 490 g/mol. The van der Waals surface area contributed by atoms with Gasteiger partial charge in [0.25, 0.3) is 5.91 Å². The van der Waals surface area contributed by atoms with Crippen LogP contribution in [-0.2, 0) is 29.5 Å². The molecule has 0 radical (unpaired) electrons. The van der Waals surface area contributed by atoms with Crippen LogP contribution in [0.15, 0.2) is 90.3 Å². The second-order valence-corrected chi connectivity index (χ2v) is 10.3. The van der Waals surface area contributed by atoms with Crippen molar-refractivity contribution in [1.82, 2.24) is 19.2 Å². The first-order valence-electron chi connectivity index (χ1n) is 11.1. The Hall–Kier alpha value is -3.82. The highest BCUT2D eigenvalue weighted by Crippen LogP contribution is 2.25. The molecular weight excluding hydrogens is 467 g/mol. The van der Waals surface area contributed by atoms with Crippen molar-refractivity contribution in [2.45, 2.75) is 24.4 Å². The first kappa shape index (κ1) is 22.9. The lowest BCUT2D eigenvalue weighted by atomic mass is 10.0. The molecule has 0 unspecified atom stereocenters. The normalized spacial score (nSPS) is 13.9. The van der Waals surface area contributed by atoms with Crippen LogP contribution in [0.5, 0.6) is 0 Å². The molecule has 3 aromatic carbocycles. The summed E-state index contributed by atoms with van der Waals surface area (Å²) in [5.41, 5.74) is 3.30. The molecule has 35 heavy (non-hydrogen) atoms. The minimum atomic E-state index is -3.76. The second kappa shape index (κ2) is 9.44. The first-order chi connectivity index (χ1) is 16.9. The molecule has 178 valence electrons. The summed E-state index contributed by atoms with van der Waals surface area (Å²) in [6, 6.07) is 18.5. The fraction of sp³-hybridized carbons (Fsp3) is 0.154. The number of fused-ring (bicyclic) bond motifs is 1. The van der Waals surface area contributed by atoms with Gasteiger partial charge in [0.15, 0.2) is 0 Å². The van der Waals surface area contributed by atoms with Gasteiger partial charge in [-0.3, -0.25) is 4.79 Å². The highest BCUT2D eigenvalue weighted by atomic mass is 32.2. The fourth-order valence-corrected chi connectivity index (χ4v) is 5.64. The molecule has 0 bridgehead atoms. The summed E-state index contributed by atoms with van der Waals surface area (Å²) >= 11 is 0. The number of aromatic nitrogens is 2. The van der Waals surface area contributed by atoms with Crippen LogP contribution < -0.4 is 5.32 Å². The van der Waals surface area contributed by atoms with Crippen LogP contribution in [0.2, 0.25) is 0 Å². The quantitative estimate of drug-likeness (QED) is 0.447. The number of halogens is 1. The third-order valence-corrected chi connectivity index (χ3v) is 7.92. The van der Waals surface area contributed by atoms with Crippen LogP contribution in [0.4, 0.5) is 4.39 Å². The smallest absolute Gasteiger partial charge is 0.251 e. The SMILES string of the molecule is O=C(NCc1ccc(-n2ccnc2)c(F)c1)c1cccc(S(=O)(=O)N2CCc3ccccc3C2)c1. The number of hydrogen-bond acceptors (Lipinski definition) is 4. The van der Waals surface area contributed by atoms with Crippen LogP contribution >= 0.6 is 0 Å². The number of benzene rings is 3. The number of nitrogens with one attached hydrogen (secondary N) is 1. The maximum atomic E-state index is 14.5. The van der Waals surface area contributed by atoms with E-state index in [2.05, 4.69) is 10.3 Å². The number of hydrogen-bond donors (Lipinski definition) is 1. The van der Waals surface area contributed by atoms with E-state index in [0.29, 0.717) is 30.8 Å². The molecule has 1 aliphatic rings. The summed E-state index contributed by atoms with van der Waals surface area (Å²) in [6.07, 6.45) is 5.35. The Labute approximate surface area is 202 Å². The van der Waals surface area contributed by atoms with Crippen molar-refractivity contribution in [2.75, 3.05) is 6.54 Å². The minimum Gasteiger partial charge on any atom is -0.348 e. The average Bonchev–Trinajstić information content (AvgIpc) is 3.42. The van der Waals surface area contributed by atoms with Crippen LogP contribution in [0.3, 0.4) is 0 Å². The van der Waals surface area contributed by atoms with E-state index in [0.717, 1.165) is 11.1 Å². The van der Waals surface area contributed by atoms with Gasteiger partial charge in [0.2, 0.25) is 10.0 Å². The molecule has 0 aliphatic carbocycles. The Morgan fingerprint density at radius 1 is 1.03 bits per heavy atom. The number of imidazole rings is 1. The number of nitrogens with zero attached hydrogens (tertiary/aromatic N) is 3. The number of rotatable bonds is 6. The molecule has 0 atom stereocenters. The van der Waals surface area contributed by atoms with Crippen LogP contribution in [-0.4, -0.2) is 34.7 Å². The van der Waals surface area contributed by atoms with Crippen molar-refractivity contribution in [1.29, 1.82) is 0 Å². The van der Waals surface area contributed by atoms with Crippen molar-refractivity contribution in [2.24, 2.45) is 0 Å². The third-order valence-electron chi connectivity index (χ3n) is 6.08. The summed E-state index contributed by atoms with van der Waals surface area (Å²) in [5, 5.41) is 2.73. The average molecular weight is 491 g/mol. The van der Waals surface area contributed by atoms with E-state index < -0.39 is 21.7 Å². The van der Waals surface area contributed by atoms with E-state index in [9.17, 15) is 17.6 Å². The number of sulfonamides is 1. The lowest BCUT2D eigenvalue weighted by molar-refractivity contribution is 0.0950. The number of carbonyl (C=O) groups excluding carboxylic acids is 1. The van der Waals surface area contributed by atoms with E-state index in [1.807, 2.05) is 24.3 Å². The number of amides is 1. The molecule has 1 aromatic heterocycles. The topological polar surface area (TPSA) is 84.3 Å². The van der Waals surface area contributed by atoms with Gasteiger partial charge in [-0.25, -0.2) is 17.8 Å². The molecule has 0 fully saturated rings. The molecule has 4 aromatic rings. The van der Waals surface area contributed by atoms with Gasteiger partial charge in [0, 0.05) is 37.6 Å². The van der Waals surface area contributed by atoms with Gasteiger partial charge < -0.3 is 9.88 Å². The molecule has 1 amide bonds. The highest BCUT2D eigenvalue weighted by molar-refractivity contribution is 7.89. The minimum absolute atomic E-state index is 0.0697. The molecule has 2 heterocycles. The van der Waals surface area contributed by atoms with Gasteiger partial charge >= 0.3 is 0 Å². The Bertz CT molecular complexity index is 1490. The molecule has 1 aliphatic heterocycles. The summed E-state index contributed by atoms with van der Waals surface area (Å²) in [4.78, 5) is 16.7. The molecule has 9 heteroatoms. The highest BCUT2D eigenvalue weighted by Gasteiger charge is 2.28. The number of carbonyl (C=O) groups is 1. The van der Waals surface area contributed by atoms with E-state index in [1.165, 1.54) is 28.8 Å². The van der Waals surface area contributed by atoms with Gasteiger partial charge in [0.1, 0.15) is 5.82 Å². The third kappa shape index (κ3) is 4.73. The van der Waals surface area contributed by atoms with Gasteiger partial charge in [-0.2, -0.15) is 4.31 Å². The Morgan fingerprint density at radius 3 is 2.63 bits per heavy atom. The summed E-state index contributed by atoms with van der Waals surface area (Å²) in [6.45, 7) is 0.784. The molecule has 1 N–H and O–H groups in total. The second-order valence-electron chi connectivity index (χ2n) is 8.32. The predicted octanol–water partition coefficient (Wildman–Crippen LogP) is 3.69. The fourth-order valence-electron chi connectivity index (χ4n) is 4.18. The molecule has 0 saturated heterocycles. The molecule has 5 rings (SSSR count). The Morgan fingerprint density at radius 2 is 1.86 bits per heavy atom. The van der Waals surface area contributed by atoms with Gasteiger partial charge in [-0.15, -0.1) is 0 Å². The van der Waals surface area contributed by atoms with E-state index >= 15 is 0 Å². The molecule has 0 spiro atoms. The zero-order valence-corrected chi connectivity index (χ0v) is 19.6. The van der Waals surface area contributed by atoms with Crippen molar-refractivity contribution < 1.29 is 17.6 Å².